The van der Waals surface area contributed by atoms with Crippen molar-refractivity contribution in [2.75, 3.05) is 0 Å². The van der Waals surface area contributed by atoms with Gasteiger partial charge in [-0.3, -0.25) is 4.79 Å². The quantitative estimate of drug-likeness (QED) is 0.852. The number of benzene rings is 1. The van der Waals surface area contributed by atoms with Crippen molar-refractivity contribution in [2.24, 2.45) is 5.92 Å². The van der Waals surface area contributed by atoms with E-state index in [9.17, 15) is 9.59 Å². The molecule has 1 saturated carbocycles. The van der Waals surface area contributed by atoms with Crippen LogP contribution in [0.4, 0.5) is 0 Å². The van der Waals surface area contributed by atoms with Crippen molar-refractivity contribution in [1.82, 2.24) is 5.32 Å². The van der Waals surface area contributed by atoms with Crippen molar-refractivity contribution >= 4 is 11.9 Å². The van der Waals surface area contributed by atoms with E-state index in [-0.39, 0.29) is 17.7 Å². The lowest BCUT2D eigenvalue weighted by molar-refractivity contribution is -0.146. The van der Waals surface area contributed by atoms with Crippen LogP contribution < -0.4 is 5.32 Å². The summed E-state index contributed by atoms with van der Waals surface area (Å²) < 4.78 is 0. The summed E-state index contributed by atoms with van der Waals surface area (Å²) in [5.74, 6) is -1.05. The third-order valence-corrected chi connectivity index (χ3v) is 3.33. The second-order valence-corrected chi connectivity index (χ2v) is 5.28. The Kier molecular flexibility index (Phi) is 3.11. The Morgan fingerprint density at radius 2 is 1.89 bits per heavy atom. The predicted octanol–water partition coefficient (Wildman–Crippen LogP) is 1.77. The van der Waals surface area contributed by atoms with Crippen LogP contribution in [0.2, 0.25) is 0 Å². The Balaban J connectivity index is 1.96. The van der Waals surface area contributed by atoms with Gasteiger partial charge in [0.2, 0.25) is 5.91 Å². The lowest BCUT2D eigenvalue weighted by Crippen LogP contribution is -2.50. The van der Waals surface area contributed by atoms with E-state index < -0.39 is 11.5 Å². The molecule has 1 amide bonds. The van der Waals surface area contributed by atoms with Gasteiger partial charge in [0.15, 0.2) is 0 Å². The number of nitrogens with one attached hydrogen (secondary N) is 1. The van der Waals surface area contributed by atoms with E-state index in [1.807, 2.05) is 30.3 Å². The fourth-order valence-corrected chi connectivity index (χ4v) is 2.01. The molecule has 96 valence electrons. The molecule has 0 bridgehead atoms. The van der Waals surface area contributed by atoms with Crippen LogP contribution in [-0.2, 0) is 9.59 Å². The molecule has 2 atom stereocenters. The molecule has 0 aliphatic heterocycles. The van der Waals surface area contributed by atoms with Crippen LogP contribution in [-0.4, -0.2) is 22.5 Å². The molecule has 0 saturated heterocycles. The molecule has 2 rings (SSSR count). The highest BCUT2D eigenvalue weighted by molar-refractivity contribution is 5.89. The molecule has 1 aliphatic carbocycles. The number of carbonyl (C=O) groups is 2. The van der Waals surface area contributed by atoms with Crippen LogP contribution in [0.25, 0.3) is 0 Å². The average molecular weight is 247 g/mol. The normalized spacial score (nSPS) is 22.3. The number of carbonyl (C=O) groups excluding carboxylic acids is 1. The molecule has 18 heavy (non-hydrogen) atoms. The fraction of sp³-hybridized carbons (Fsp3) is 0.429. The van der Waals surface area contributed by atoms with Crippen molar-refractivity contribution in [3.05, 3.63) is 35.9 Å². The van der Waals surface area contributed by atoms with Crippen molar-refractivity contribution in [2.45, 2.75) is 31.7 Å². The predicted molar refractivity (Wildman–Crippen MR) is 67.1 cm³/mol. The Bertz CT molecular complexity index is 467. The number of carboxylic acids is 1. The van der Waals surface area contributed by atoms with Crippen LogP contribution in [0.5, 0.6) is 0 Å². The maximum Gasteiger partial charge on any atom is 0.328 e. The highest BCUT2D eigenvalue weighted by atomic mass is 16.4. The highest BCUT2D eigenvalue weighted by Crippen LogP contribution is 2.47. The average Bonchev–Trinajstić information content (AvgIpc) is 3.09. The maximum absolute atomic E-state index is 11.9. The number of amides is 1. The van der Waals surface area contributed by atoms with E-state index in [1.54, 1.807) is 0 Å². The van der Waals surface area contributed by atoms with Crippen molar-refractivity contribution in [3.63, 3.8) is 0 Å². The zero-order chi connectivity index (χ0) is 13.3. The standard InChI is InChI=1S/C14H17NO3/c1-14(2,13(17)18)15-12(16)11-8-10(11)9-6-4-3-5-7-9/h3-7,10-11H,8H2,1-2H3,(H,15,16)(H,17,18). The summed E-state index contributed by atoms with van der Waals surface area (Å²) in [4.78, 5) is 22.9. The number of carboxylic acid groups (broad SMARTS) is 1. The minimum Gasteiger partial charge on any atom is -0.480 e. The molecule has 1 aromatic rings. The smallest absolute Gasteiger partial charge is 0.328 e. The van der Waals surface area contributed by atoms with Crippen molar-refractivity contribution in [3.8, 4) is 0 Å². The van der Waals surface area contributed by atoms with Gasteiger partial charge >= 0.3 is 5.97 Å². The second kappa shape index (κ2) is 4.44. The summed E-state index contributed by atoms with van der Waals surface area (Å²) in [6.45, 7) is 2.99. The minimum atomic E-state index is -1.21. The molecule has 0 aromatic heterocycles. The summed E-state index contributed by atoms with van der Waals surface area (Å²) in [6, 6.07) is 9.84. The Morgan fingerprint density at radius 1 is 1.28 bits per heavy atom. The lowest BCUT2D eigenvalue weighted by Gasteiger charge is -2.21. The number of hydrogen-bond donors (Lipinski definition) is 2. The molecule has 4 heteroatoms. The van der Waals surface area contributed by atoms with Gasteiger partial charge in [0, 0.05) is 5.92 Å². The summed E-state index contributed by atoms with van der Waals surface area (Å²) in [6.07, 6.45) is 0.797. The molecular formula is C14H17NO3. The van der Waals surface area contributed by atoms with E-state index in [0.717, 1.165) is 12.0 Å². The first kappa shape index (κ1) is 12.6. The third-order valence-electron chi connectivity index (χ3n) is 3.33. The first-order valence-electron chi connectivity index (χ1n) is 6.02. The summed E-state index contributed by atoms with van der Waals surface area (Å²) in [5.41, 5.74) is -0.0632. The maximum atomic E-state index is 11.9. The first-order valence-corrected chi connectivity index (χ1v) is 6.02. The lowest BCUT2D eigenvalue weighted by atomic mass is 10.0. The van der Waals surface area contributed by atoms with Gasteiger partial charge < -0.3 is 10.4 Å². The van der Waals surface area contributed by atoms with E-state index in [1.165, 1.54) is 13.8 Å². The van der Waals surface area contributed by atoms with E-state index in [2.05, 4.69) is 5.32 Å². The van der Waals surface area contributed by atoms with Gasteiger partial charge in [0.05, 0.1) is 0 Å². The molecule has 0 radical (unpaired) electrons. The van der Waals surface area contributed by atoms with Gasteiger partial charge in [-0.2, -0.15) is 0 Å². The van der Waals surface area contributed by atoms with Crippen molar-refractivity contribution < 1.29 is 14.7 Å². The van der Waals surface area contributed by atoms with Gasteiger partial charge in [-0.25, -0.2) is 4.79 Å². The fourth-order valence-electron chi connectivity index (χ4n) is 2.01. The monoisotopic (exact) mass is 247 g/mol. The SMILES string of the molecule is CC(C)(NC(=O)C1CC1c1ccccc1)C(=O)O. The van der Waals surface area contributed by atoms with Gasteiger partial charge in [-0.1, -0.05) is 30.3 Å². The minimum absolute atomic E-state index is 0.0916. The molecular weight excluding hydrogens is 230 g/mol. The summed E-state index contributed by atoms with van der Waals surface area (Å²) in [7, 11) is 0. The van der Waals surface area contributed by atoms with Crippen LogP contribution in [0.3, 0.4) is 0 Å². The van der Waals surface area contributed by atoms with E-state index >= 15 is 0 Å². The summed E-state index contributed by atoms with van der Waals surface area (Å²) in [5, 5.41) is 11.5. The Morgan fingerprint density at radius 3 is 2.44 bits per heavy atom. The molecule has 2 unspecified atom stereocenters. The molecule has 1 fully saturated rings. The molecule has 1 aliphatic rings. The van der Waals surface area contributed by atoms with Gasteiger partial charge in [-0.15, -0.1) is 0 Å². The zero-order valence-electron chi connectivity index (χ0n) is 10.5. The van der Waals surface area contributed by atoms with Gasteiger partial charge in [-0.05, 0) is 31.7 Å². The number of aliphatic carboxylic acids is 1. The Labute approximate surface area is 106 Å². The van der Waals surface area contributed by atoms with Crippen LogP contribution in [0, 0.1) is 5.92 Å². The second-order valence-electron chi connectivity index (χ2n) is 5.28. The largest absolute Gasteiger partial charge is 0.480 e. The molecule has 0 spiro atoms. The molecule has 0 heterocycles. The van der Waals surface area contributed by atoms with Crippen LogP contribution in [0.1, 0.15) is 31.7 Å². The van der Waals surface area contributed by atoms with E-state index in [0.29, 0.717) is 0 Å². The highest BCUT2D eigenvalue weighted by Gasteiger charge is 2.45. The zero-order valence-corrected chi connectivity index (χ0v) is 10.5. The van der Waals surface area contributed by atoms with E-state index in [4.69, 9.17) is 5.11 Å². The third kappa shape index (κ3) is 2.53. The van der Waals surface area contributed by atoms with Crippen LogP contribution >= 0.6 is 0 Å². The molecule has 4 nitrogen and oxygen atoms in total. The number of rotatable bonds is 4. The van der Waals surface area contributed by atoms with Crippen LogP contribution in [0.15, 0.2) is 30.3 Å². The van der Waals surface area contributed by atoms with Crippen molar-refractivity contribution in [1.29, 1.82) is 0 Å². The Hall–Kier alpha value is -1.84. The topological polar surface area (TPSA) is 66.4 Å². The number of hydrogen-bond acceptors (Lipinski definition) is 2. The molecule has 1 aromatic carbocycles. The van der Waals surface area contributed by atoms with Gasteiger partial charge in [0.1, 0.15) is 5.54 Å². The summed E-state index contributed by atoms with van der Waals surface area (Å²) >= 11 is 0. The van der Waals surface area contributed by atoms with Gasteiger partial charge in [0.25, 0.3) is 0 Å². The molecule has 2 N–H and O–H groups in total. The first-order chi connectivity index (χ1) is 8.42.